The summed E-state index contributed by atoms with van der Waals surface area (Å²) in [4.78, 5) is 33.0. The second kappa shape index (κ2) is 9.29. The third-order valence-electron chi connectivity index (χ3n) is 4.66. The number of nitrogens with one attached hydrogen (secondary N) is 1. The van der Waals surface area contributed by atoms with Crippen LogP contribution >= 0.6 is 11.3 Å². The van der Waals surface area contributed by atoms with Crippen molar-refractivity contribution in [2.75, 3.05) is 25.5 Å². The van der Waals surface area contributed by atoms with Crippen LogP contribution < -0.4 is 5.32 Å². The molecule has 3 heterocycles. The van der Waals surface area contributed by atoms with Crippen molar-refractivity contribution >= 4 is 28.8 Å². The zero-order chi connectivity index (χ0) is 20.8. The van der Waals surface area contributed by atoms with Crippen molar-refractivity contribution in [3.8, 4) is 10.4 Å². The van der Waals surface area contributed by atoms with Crippen molar-refractivity contribution in [2.24, 2.45) is 0 Å². The summed E-state index contributed by atoms with van der Waals surface area (Å²) in [6.07, 6.45) is 1.81. The second-order valence-electron chi connectivity index (χ2n) is 6.53. The van der Waals surface area contributed by atoms with Gasteiger partial charge in [-0.3, -0.25) is 14.6 Å². The number of rotatable bonds is 4. The Hall–Kier alpha value is -3.26. The number of nitrogens with zero attached hydrogens (tertiary/aromatic N) is 3. The van der Waals surface area contributed by atoms with Crippen LogP contribution in [0.3, 0.4) is 0 Å². The molecule has 1 aliphatic heterocycles. The molecule has 1 saturated heterocycles. The van der Waals surface area contributed by atoms with E-state index in [2.05, 4.69) is 15.3 Å². The minimum atomic E-state index is -0.250. The van der Waals surface area contributed by atoms with Gasteiger partial charge in [-0.1, -0.05) is 29.5 Å². The fourth-order valence-electron chi connectivity index (χ4n) is 3.20. The van der Waals surface area contributed by atoms with Crippen molar-refractivity contribution in [2.45, 2.75) is 12.8 Å². The van der Waals surface area contributed by atoms with E-state index in [1.807, 2.05) is 61.3 Å². The average molecular weight is 410 g/mol. The van der Waals surface area contributed by atoms with Gasteiger partial charge in [0.05, 0.1) is 10.6 Å². The van der Waals surface area contributed by atoms with Crippen molar-refractivity contribution < 1.29 is 14.7 Å². The number of pyridine rings is 1. The van der Waals surface area contributed by atoms with Crippen molar-refractivity contribution in [3.63, 3.8) is 0 Å². The lowest BCUT2D eigenvalue weighted by atomic mass is 9.94. The first-order valence-electron chi connectivity index (χ1n) is 9.11. The quantitative estimate of drug-likeness (QED) is 0.639. The molecule has 2 N–H and O–H groups in total. The Balaban J connectivity index is 0.000000755. The predicted octanol–water partition coefficient (Wildman–Crippen LogP) is 3.50. The van der Waals surface area contributed by atoms with Crippen molar-refractivity contribution in [3.05, 3.63) is 65.6 Å². The van der Waals surface area contributed by atoms with Gasteiger partial charge in [0.1, 0.15) is 0 Å². The largest absolute Gasteiger partial charge is 0.483 e. The molecule has 3 aromatic rings. The van der Waals surface area contributed by atoms with Crippen LogP contribution in [-0.4, -0.2) is 52.5 Å². The number of amides is 1. The molecule has 0 unspecified atom stereocenters. The van der Waals surface area contributed by atoms with Crippen LogP contribution in [-0.2, 0) is 4.79 Å². The Morgan fingerprint density at radius 3 is 2.66 bits per heavy atom. The molecule has 0 spiro atoms. The average Bonchev–Trinajstić information content (AvgIpc) is 3.09. The van der Waals surface area contributed by atoms with E-state index >= 15 is 0 Å². The Morgan fingerprint density at radius 2 is 2.03 bits per heavy atom. The highest BCUT2D eigenvalue weighted by Gasteiger charge is 2.33. The number of likely N-dealkylation sites (tertiary alicyclic amines) is 1. The second-order valence-corrected chi connectivity index (χ2v) is 7.53. The topological polar surface area (TPSA) is 95.4 Å². The molecule has 7 nitrogen and oxygen atoms in total. The van der Waals surface area contributed by atoms with Gasteiger partial charge in [0.15, 0.2) is 5.13 Å². The first kappa shape index (κ1) is 20.5. The van der Waals surface area contributed by atoms with Gasteiger partial charge >= 0.3 is 0 Å². The molecule has 0 radical (unpaired) electrons. The highest BCUT2D eigenvalue weighted by molar-refractivity contribution is 7.19. The fraction of sp³-hybridized carbons (Fsp3) is 0.238. The van der Waals surface area contributed by atoms with Crippen LogP contribution in [0.4, 0.5) is 5.13 Å². The number of carboxylic acid groups (broad SMARTS) is 1. The lowest BCUT2D eigenvalue weighted by Gasteiger charge is -2.39. The summed E-state index contributed by atoms with van der Waals surface area (Å²) >= 11 is 1.60. The molecular formula is C21H22N4O3S. The molecule has 1 amide bonds. The normalized spacial score (nSPS) is 13.1. The number of hydrogen-bond donors (Lipinski definition) is 2. The molecule has 8 heteroatoms. The van der Waals surface area contributed by atoms with E-state index in [4.69, 9.17) is 9.90 Å². The van der Waals surface area contributed by atoms with Crippen molar-refractivity contribution in [1.82, 2.24) is 14.9 Å². The standard InChI is InChI=1S/C20H20N4OS.CH2O2/c1-13-18(26-20(21-2)23-13)14-6-5-7-15(10-14)19(25)24-11-16(12-24)17-8-3-4-9-22-17;2-1-3/h3-10,16H,11-12H2,1-2H3,(H,21,23);1H,(H,2,3). The van der Waals surface area contributed by atoms with Crippen LogP contribution in [0.15, 0.2) is 48.7 Å². The smallest absolute Gasteiger partial charge is 0.290 e. The summed E-state index contributed by atoms with van der Waals surface area (Å²) in [5, 5.41) is 10.9. The molecule has 0 bridgehead atoms. The maximum absolute atomic E-state index is 12.8. The van der Waals surface area contributed by atoms with E-state index in [1.165, 1.54) is 0 Å². The van der Waals surface area contributed by atoms with Gasteiger partial charge in [-0.05, 0) is 36.8 Å². The minimum Gasteiger partial charge on any atom is -0.483 e. The van der Waals surface area contributed by atoms with Gasteiger partial charge in [-0.15, -0.1) is 0 Å². The Labute approximate surface area is 173 Å². The van der Waals surface area contributed by atoms with E-state index < -0.39 is 0 Å². The number of benzene rings is 1. The number of carbonyl (C=O) groups is 2. The first-order valence-corrected chi connectivity index (χ1v) is 9.92. The van der Waals surface area contributed by atoms with E-state index in [-0.39, 0.29) is 12.4 Å². The highest BCUT2D eigenvalue weighted by atomic mass is 32.1. The van der Waals surface area contributed by atoms with E-state index in [1.54, 1.807) is 17.5 Å². The van der Waals surface area contributed by atoms with Gasteiger partial charge in [0.25, 0.3) is 12.4 Å². The van der Waals surface area contributed by atoms with Crippen molar-refractivity contribution in [1.29, 1.82) is 0 Å². The molecule has 2 aromatic heterocycles. The molecule has 29 heavy (non-hydrogen) atoms. The van der Waals surface area contributed by atoms with Crippen LogP contribution in [0.2, 0.25) is 0 Å². The molecular weight excluding hydrogens is 388 g/mol. The number of carbonyl (C=O) groups excluding carboxylic acids is 1. The summed E-state index contributed by atoms with van der Waals surface area (Å²) in [5.74, 6) is 0.417. The molecule has 0 atom stereocenters. The maximum atomic E-state index is 12.8. The summed E-state index contributed by atoms with van der Waals surface area (Å²) in [6.45, 7) is 3.20. The van der Waals surface area contributed by atoms with E-state index in [9.17, 15) is 4.79 Å². The van der Waals surface area contributed by atoms with Gasteiger partial charge in [0, 0.05) is 43.5 Å². The third kappa shape index (κ3) is 4.60. The molecule has 0 saturated carbocycles. The Kier molecular flexibility index (Phi) is 6.56. The van der Waals surface area contributed by atoms with Gasteiger partial charge < -0.3 is 15.3 Å². The summed E-state index contributed by atoms with van der Waals surface area (Å²) < 4.78 is 0. The van der Waals surface area contributed by atoms with E-state index in [0.29, 0.717) is 5.92 Å². The minimum absolute atomic E-state index is 0.0787. The zero-order valence-electron chi connectivity index (χ0n) is 16.2. The lowest BCUT2D eigenvalue weighted by Crippen LogP contribution is -2.48. The first-order chi connectivity index (χ1) is 14.1. The Morgan fingerprint density at radius 1 is 1.28 bits per heavy atom. The highest BCUT2D eigenvalue weighted by Crippen LogP contribution is 2.33. The number of aryl methyl sites for hydroxylation is 1. The SMILES string of the molecule is CNc1nc(C)c(-c2cccc(C(=O)N3CC(c4ccccn4)C3)c2)s1.O=CO. The van der Waals surface area contributed by atoms with Gasteiger partial charge in [-0.25, -0.2) is 4.98 Å². The molecule has 1 fully saturated rings. The number of hydrogen-bond acceptors (Lipinski definition) is 6. The molecule has 150 valence electrons. The van der Waals surface area contributed by atoms with Crippen LogP contribution in [0.1, 0.15) is 27.7 Å². The number of thiazole rings is 1. The lowest BCUT2D eigenvalue weighted by molar-refractivity contribution is -0.122. The zero-order valence-corrected chi connectivity index (χ0v) is 17.0. The Bertz CT molecular complexity index is 985. The fourth-order valence-corrected chi connectivity index (χ4v) is 4.11. The predicted molar refractivity (Wildman–Crippen MR) is 113 cm³/mol. The third-order valence-corrected chi connectivity index (χ3v) is 5.88. The maximum Gasteiger partial charge on any atom is 0.290 e. The van der Waals surface area contributed by atoms with Crippen LogP contribution in [0, 0.1) is 6.92 Å². The molecule has 1 aliphatic rings. The summed E-state index contributed by atoms with van der Waals surface area (Å²) in [5.41, 5.74) is 3.79. The summed E-state index contributed by atoms with van der Waals surface area (Å²) in [7, 11) is 1.86. The van der Waals surface area contributed by atoms with Gasteiger partial charge in [0.2, 0.25) is 0 Å². The molecule has 0 aliphatic carbocycles. The van der Waals surface area contributed by atoms with Crippen LogP contribution in [0.5, 0.6) is 0 Å². The number of anilines is 1. The molecule has 1 aromatic carbocycles. The monoisotopic (exact) mass is 410 g/mol. The molecule has 4 rings (SSSR count). The van der Waals surface area contributed by atoms with Gasteiger partial charge in [-0.2, -0.15) is 0 Å². The van der Waals surface area contributed by atoms with E-state index in [0.717, 1.165) is 45.6 Å². The number of aromatic nitrogens is 2. The summed E-state index contributed by atoms with van der Waals surface area (Å²) in [6, 6.07) is 13.8. The van der Waals surface area contributed by atoms with Crippen LogP contribution in [0.25, 0.3) is 10.4 Å².